The van der Waals surface area contributed by atoms with Gasteiger partial charge in [0.05, 0.1) is 11.1 Å². The summed E-state index contributed by atoms with van der Waals surface area (Å²) in [6, 6.07) is 9.89. The summed E-state index contributed by atoms with van der Waals surface area (Å²) in [5.41, 5.74) is 6.32. The summed E-state index contributed by atoms with van der Waals surface area (Å²) in [6.45, 7) is 2.01. The molecule has 0 aliphatic heterocycles. The third kappa shape index (κ3) is 3.58. The molecule has 0 spiro atoms. The third-order valence-electron chi connectivity index (χ3n) is 5.17. The highest BCUT2D eigenvalue weighted by atomic mass is 32.2. The van der Waals surface area contributed by atoms with Crippen molar-refractivity contribution >= 4 is 45.6 Å². The molecule has 5 rings (SSSR count). The highest BCUT2D eigenvalue weighted by molar-refractivity contribution is 8.00. The SMILES string of the molecule is Cc1ccc(NC(=O)CSc2ncnc3c2oc2nc4c(cc23)CCCC4)cc1. The van der Waals surface area contributed by atoms with Crippen LogP contribution in [0.2, 0.25) is 0 Å². The molecule has 1 aromatic carbocycles. The minimum Gasteiger partial charge on any atom is -0.433 e. The predicted molar refractivity (Wildman–Crippen MR) is 114 cm³/mol. The highest BCUT2D eigenvalue weighted by Crippen LogP contribution is 2.34. The number of aryl methyl sites for hydroxylation is 3. The Kier molecular flexibility index (Phi) is 4.67. The first-order chi connectivity index (χ1) is 14.2. The van der Waals surface area contributed by atoms with Gasteiger partial charge >= 0.3 is 0 Å². The standard InChI is InChI=1S/C22H20N4O2S/c1-13-6-8-15(9-7-13)25-18(27)11-29-22-20-19(23-12-24-22)16-10-14-4-2-3-5-17(14)26-21(16)28-20/h6-10,12H,2-5,11H2,1H3,(H,25,27). The summed E-state index contributed by atoms with van der Waals surface area (Å²) >= 11 is 1.34. The zero-order valence-corrected chi connectivity index (χ0v) is 16.9. The van der Waals surface area contributed by atoms with Gasteiger partial charge in [-0.05, 0) is 56.4 Å². The lowest BCUT2D eigenvalue weighted by molar-refractivity contribution is -0.113. The van der Waals surface area contributed by atoms with Gasteiger partial charge in [0.2, 0.25) is 11.6 Å². The summed E-state index contributed by atoms with van der Waals surface area (Å²) in [5.74, 6) is 0.149. The van der Waals surface area contributed by atoms with Crippen LogP contribution in [0.1, 0.15) is 29.7 Å². The first-order valence-electron chi connectivity index (χ1n) is 9.73. The number of carbonyl (C=O) groups excluding carboxylic acids is 1. The largest absolute Gasteiger partial charge is 0.433 e. The lowest BCUT2D eigenvalue weighted by Gasteiger charge is -2.13. The average Bonchev–Trinajstić information content (AvgIpc) is 3.10. The zero-order chi connectivity index (χ0) is 19.8. The summed E-state index contributed by atoms with van der Waals surface area (Å²) < 4.78 is 6.02. The minimum atomic E-state index is -0.0877. The quantitative estimate of drug-likeness (QED) is 0.393. The molecule has 0 bridgehead atoms. The Morgan fingerprint density at radius 2 is 2.00 bits per heavy atom. The van der Waals surface area contributed by atoms with Crippen molar-refractivity contribution < 1.29 is 9.21 Å². The minimum absolute atomic E-state index is 0.0877. The van der Waals surface area contributed by atoms with Gasteiger partial charge in [-0.1, -0.05) is 29.5 Å². The van der Waals surface area contributed by atoms with Crippen LogP contribution in [-0.4, -0.2) is 26.6 Å². The summed E-state index contributed by atoms with van der Waals surface area (Å²) in [7, 11) is 0. The number of rotatable bonds is 4. The van der Waals surface area contributed by atoms with Crippen molar-refractivity contribution in [2.75, 3.05) is 11.1 Å². The molecule has 29 heavy (non-hydrogen) atoms. The molecule has 1 aliphatic rings. The second-order valence-electron chi connectivity index (χ2n) is 7.32. The molecule has 146 valence electrons. The Morgan fingerprint density at radius 1 is 1.17 bits per heavy atom. The number of benzene rings is 1. The van der Waals surface area contributed by atoms with Gasteiger partial charge in [0.15, 0.2) is 5.58 Å². The van der Waals surface area contributed by atoms with Gasteiger partial charge < -0.3 is 9.73 Å². The number of pyridine rings is 1. The lowest BCUT2D eigenvalue weighted by atomic mass is 9.95. The molecule has 3 aromatic heterocycles. The van der Waals surface area contributed by atoms with Crippen LogP contribution < -0.4 is 5.32 Å². The van der Waals surface area contributed by atoms with Gasteiger partial charge in [-0.25, -0.2) is 15.0 Å². The maximum atomic E-state index is 12.3. The van der Waals surface area contributed by atoms with Crippen LogP contribution in [0.25, 0.3) is 22.2 Å². The number of hydrogen-bond acceptors (Lipinski definition) is 6. The van der Waals surface area contributed by atoms with Crippen LogP contribution in [0.5, 0.6) is 0 Å². The first kappa shape index (κ1) is 18.1. The Hall–Kier alpha value is -2.93. The molecule has 0 saturated heterocycles. The number of aromatic nitrogens is 3. The van der Waals surface area contributed by atoms with Crippen molar-refractivity contribution in [2.45, 2.75) is 37.6 Å². The van der Waals surface area contributed by atoms with Crippen LogP contribution in [-0.2, 0) is 17.6 Å². The van der Waals surface area contributed by atoms with E-state index in [2.05, 4.69) is 21.4 Å². The lowest BCUT2D eigenvalue weighted by Crippen LogP contribution is -2.14. The van der Waals surface area contributed by atoms with E-state index < -0.39 is 0 Å². The number of carbonyl (C=O) groups is 1. The second-order valence-corrected chi connectivity index (χ2v) is 8.28. The molecular formula is C22H20N4O2S. The van der Waals surface area contributed by atoms with Crippen molar-refractivity contribution in [1.29, 1.82) is 0 Å². The Labute approximate surface area is 172 Å². The normalized spacial score (nSPS) is 13.6. The van der Waals surface area contributed by atoms with E-state index in [0.717, 1.165) is 40.7 Å². The van der Waals surface area contributed by atoms with Gasteiger partial charge in [-0.15, -0.1) is 0 Å². The van der Waals surface area contributed by atoms with Crippen molar-refractivity contribution in [3.63, 3.8) is 0 Å². The molecule has 7 heteroatoms. The Morgan fingerprint density at radius 3 is 2.86 bits per heavy atom. The van der Waals surface area contributed by atoms with E-state index in [9.17, 15) is 4.79 Å². The van der Waals surface area contributed by atoms with Gasteiger partial charge in [0.25, 0.3) is 0 Å². The fourth-order valence-corrected chi connectivity index (χ4v) is 4.40. The second kappa shape index (κ2) is 7.48. The molecule has 6 nitrogen and oxygen atoms in total. The van der Waals surface area contributed by atoms with Crippen LogP contribution >= 0.6 is 11.8 Å². The van der Waals surface area contributed by atoms with Gasteiger partial charge in [0.1, 0.15) is 16.9 Å². The number of anilines is 1. The monoisotopic (exact) mass is 404 g/mol. The van der Waals surface area contributed by atoms with Crippen LogP contribution in [0.3, 0.4) is 0 Å². The third-order valence-corrected chi connectivity index (χ3v) is 6.14. The molecule has 0 radical (unpaired) electrons. The Bertz CT molecular complexity index is 1220. The molecule has 3 heterocycles. The molecule has 0 atom stereocenters. The molecule has 0 fully saturated rings. The Balaban J connectivity index is 1.40. The van der Waals surface area contributed by atoms with Gasteiger partial charge in [-0.2, -0.15) is 0 Å². The molecular weight excluding hydrogens is 384 g/mol. The van der Waals surface area contributed by atoms with Crippen molar-refractivity contribution in [3.05, 3.63) is 53.5 Å². The summed E-state index contributed by atoms with van der Waals surface area (Å²) in [4.78, 5) is 25.8. The van der Waals surface area contributed by atoms with Crippen molar-refractivity contribution in [1.82, 2.24) is 15.0 Å². The number of furan rings is 1. The molecule has 1 amide bonds. The number of fused-ring (bicyclic) bond motifs is 4. The first-order valence-corrected chi connectivity index (χ1v) is 10.7. The molecule has 4 aromatic rings. The zero-order valence-electron chi connectivity index (χ0n) is 16.1. The van der Waals surface area contributed by atoms with E-state index in [1.807, 2.05) is 31.2 Å². The topological polar surface area (TPSA) is 80.9 Å². The van der Waals surface area contributed by atoms with E-state index >= 15 is 0 Å². The van der Waals surface area contributed by atoms with Crippen molar-refractivity contribution in [3.8, 4) is 0 Å². The number of nitrogens with one attached hydrogen (secondary N) is 1. The van der Waals surface area contributed by atoms with Crippen LogP contribution in [0.15, 0.2) is 46.1 Å². The maximum Gasteiger partial charge on any atom is 0.234 e. The molecule has 1 N–H and O–H groups in total. The van der Waals surface area contributed by atoms with E-state index in [1.165, 1.54) is 36.5 Å². The van der Waals surface area contributed by atoms with Crippen molar-refractivity contribution in [2.24, 2.45) is 0 Å². The number of amides is 1. The molecule has 1 aliphatic carbocycles. The van der Waals surface area contributed by atoms with Gasteiger partial charge in [-0.3, -0.25) is 4.79 Å². The molecule has 0 saturated carbocycles. The fourth-order valence-electron chi connectivity index (χ4n) is 3.67. The van der Waals surface area contributed by atoms with E-state index in [1.54, 1.807) is 0 Å². The summed E-state index contributed by atoms with van der Waals surface area (Å²) in [5, 5.41) is 4.49. The highest BCUT2D eigenvalue weighted by Gasteiger charge is 2.19. The smallest absolute Gasteiger partial charge is 0.234 e. The van der Waals surface area contributed by atoms with Crippen LogP contribution in [0, 0.1) is 6.92 Å². The number of nitrogens with zero attached hydrogens (tertiary/aromatic N) is 3. The summed E-state index contributed by atoms with van der Waals surface area (Å²) in [6.07, 6.45) is 5.94. The van der Waals surface area contributed by atoms with E-state index in [0.29, 0.717) is 16.3 Å². The number of thioether (sulfide) groups is 1. The predicted octanol–water partition coefficient (Wildman–Crippen LogP) is 4.69. The fraction of sp³-hybridized carbons (Fsp3) is 0.273. The van der Waals surface area contributed by atoms with Crippen LogP contribution in [0.4, 0.5) is 5.69 Å². The molecule has 0 unspecified atom stereocenters. The number of hydrogen-bond donors (Lipinski definition) is 1. The average molecular weight is 404 g/mol. The maximum absolute atomic E-state index is 12.3. The van der Waals surface area contributed by atoms with Gasteiger partial charge in [0, 0.05) is 11.4 Å². The van der Waals surface area contributed by atoms with E-state index in [4.69, 9.17) is 9.40 Å². The van der Waals surface area contributed by atoms with E-state index in [-0.39, 0.29) is 11.7 Å².